The molecule has 1 amide bonds. The molecule has 5 nitrogen and oxygen atoms in total. The Hall–Kier alpha value is -2.01. The molecule has 0 fully saturated rings. The first-order chi connectivity index (χ1) is 10.1. The number of nitrogens with one attached hydrogen (secondary N) is 1. The van der Waals surface area contributed by atoms with Crippen molar-refractivity contribution in [2.24, 2.45) is 0 Å². The number of ether oxygens (including phenoxy) is 1. The van der Waals surface area contributed by atoms with Crippen LogP contribution in [-0.4, -0.2) is 21.7 Å². The zero-order valence-electron chi connectivity index (χ0n) is 12.0. The predicted molar refractivity (Wildman–Crippen MR) is 81.5 cm³/mol. The number of benzene rings is 1. The molecule has 0 radical (unpaired) electrons. The maximum atomic E-state index is 12.1. The number of carbonyl (C=O) groups excluding carboxylic acids is 1. The predicted octanol–water partition coefficient (Wildman–Crippen LogP) is 3.10. The molecule has 2 aromatic rings. The summed E-state index contributed by atoms with van der Waals surface area (Å²) in [6.45, 7) is 4.10. The normalized spacial score (nSPS) is 12.0. The molecule has 0 bridgehead atoms. The first-order valence-electron chi connectivity index (χ1n) is 6.81. The first-order valence-corrected chi connectivity index (χ1v) is 7.19. The summed E-state index contributed by atoms with van der Waals surface area (Å²) in [6, 6.07) is 8.95. The lowest BCUT2D eigenvalue weighted by Crippen LogP contribution is -2.33. The minimum absolute atomic E-state index is 0.116. The van der Waals surface area contributed by atoms with E-state index in [0.717, 1.165) is 6.42 Å². The number of carbonyl (C=O) groups is 1. The standard InChI is InChI=1S/C15H18ClN3O2/c1-3-11(2)18-15(20)13-8-9-17-19(13)10-21-14-7-5-4-6-12(14)16/h4-9,11H,3,10H2,1-2H3,(H,18,20). The summed E-state index contributed by atoms with van der Waals surface area (Å²) >= 11 is 6.02. The molecule has 0 aliphatic rings. The average Bonchev–Trinajstić information content (AvgIpc) is 2.94. The van der Waals surface area contributed by atoms with E-state index in [1.165, 1.54) is 4.68 Å². The van der Waals surface area contributed by atoms with Gasteiger partial charge in [0.1, 0.15) is 11.4 Å². The van der Waals surface area contributed by atoms with Crippen molar-refractivity contribution in [3.8, 4) is 5.75 Å². The molecule has 0 aliphatic carbocycles. The van der Waals surface area contributed by atoms with Gasteiger partial charge in [-0.05, 0) is 31.5 Å². The van der Waals surface area contributed by atoms with Crippen LogP contribution in [0.3, 0.4) is 0 Å². The average molecular weight is 308 g/mol. The van der Waals surface area contributed by atoms with Gasteiger partial charge in [-0.3, -0.25) is 4.79 Å². The molecular formula is C15H18ClN3O2. The topological polar surface area (TPSA) is 56.2 Å². The maximum Gasteiger partial charge on any atom is 0.269 e. The smallest absolute Gasteiger partial charge is 0.269 e. The van der Waals surface area contributed by atoms with E-state index in [9.17, 15) is 4.79 Å². The van der Waals surface area contributed by atoms with Crippen molar-refractivity contribution in [2.45, 2.75) is 33.0 Å². The summed E-state index contributed by atoms with van der Waals surface area (Å²) in [5.74, 6) is 0.396. The zero-order chi connectivity index (χ0) is 15.2. The fraction of sp³-hybridized carbons (Fsp3) is 0.333. The highest BCUT2D eigenvalue weighted by molar-refractivity contribution is 6.32. The Morgan fingerprint density at radius 3 is 2.90 bits per heavy atom. The second-order valence-electron chi connectivity index (χ2n) is 4.70. The van der Waals surface area contributed by atoms with Crippen LogP contribution in [0.4, 0.5) is 0 Å². The molecule has 0 saturated carbocycles. The third-order valence-corrected chi connectivity index (χ3v) is 3.43. The van der Waals surface area contributed by atoms with Crippen LogP contribution < -0.4 is 10.1 Å². The molecule has 0 saturated heterocycles. The molecule has 1 atom stereocenters. The van der Waals surface area contributed by atoms with Gasteiger partial charge in [0.25, 0.3) is 5.91 Å². The van der Waals surface area contributed by atoms with Crippen LogP contribution in [0.15, 0.2) is 36.5 Å². The highest BCUT2D eigenvalue weighted by Gasteiger charge is 2.14. The number of para-hydroxylation sites is 1. The zero-order valence-corrected chi connectivity index (χ0v) is 12.8. The second-order valence-corrected chi connectivity index (χ2v) is 5.11. The van der Waals surface area contributed by atoms with Crippen LogP contribution in [0, 0.1) is 0 Å². The summed E-state index contributed by atoms with van der Waals surface area (Å²) in [7, 11) is 0. The van der Waals surface area contributed by atoms with Crippen LogP contribution in [-0.2, 0) is 6.73 Å². The van der Waals surface area contributed by atoms with Gasteiger partial charge >= 0.3 is 0 Å². The van der Waals surface area contributed by atoms with E-state index in [-0.39, 0.29) is 18.7 Å². The number of halogens is 1. The van der Waals surface area contributed by atoms with Gasteiger partial charge in [0.05, 0.1) is 5.02 Å². The summed E-state index contributed by atoms with van der Waals surface area (Å²) in [5, 5.41) is 7.53. The minimum Gasteiger partial charge on any atom is -0.470 e. The molecule has 1 aromatic carbocycles. The molecule has 0 aliphatic heterocycles. The van der Waals surface area contributed by atoms with Gasteiger partial charge in [-0.15, -0.1) is 0 Å². The number of hydrogen-bond donors (Lipinski definition) is 1. The first kappa shape index (κ1) is 15.4. The van der Waals surface area contributed by atoms with Crippen molar-refractivity contribution in [2.75, 3.05) is 0 Å². The lowest BCUT2D eigenvalue weighted by atomic mass is 10.2. The Morgan fingerprint density at radius 1 is 1.43 bits per heavy atom. The highest BCUT2D eigenvalue weighted by Crippen LogP contribution is 2.23. The van der Waals surface area contributed by atoms with E-state index < -0.39 is 0 Å². The van der Waals surface area contributed by atoms with Gasteiger partial charge in [0.2, 0.25) is 0 Å². The van der Waals surface area contributed by atoms with Crippen molar-refractivity contribution in [3.63, 3.8) is 0 Å². The van der Waals surface area contributed by atoms with Crippen LogP contribution >= 0.6 is 11.6 Å². The van der Waals surface area contributed by atoms with Crippen molar-refractivity contribution >= 4 is 17.5 Å². The van der Waals surface area contributed by atoms with Crippen molar-refractivity contribution in [1.82, 2.24) is 15.1 Å². The summed E-state index contributed by atoms with van der Waals surface area (Å²) in [5.41, 5.74) is 0.461. The molecule has 1 aromatic heterocycles. The van der Waals surface area contributed by atoms with Gasteiger partial charge in [-0.25, -0.2) is 4.68 Å². The molecule has 1 unspecified atom stereocenters. The lowest BCUT2D eigenvalue weighted by molar-refractivity contribution is 0.0918. The number of amides is 1. The third kappa shape index (κ3) is 3.98. The van der Waals surface area contributed by atoms with Crippen LogP contribution in [0.5, 0.6) is 5.75 Å². The molecule has 112 valence electrons. The van der Waals surface area contributed by atoms with Crippen molar-refractivity contribution in [3.05, 3.63) is 47.2 Å². The number of aromatic nitrogens is 2. The lowest BCUT2D eigenvalue weighted by Gasteiger charge is -2.13. The maximum absolute atomic E-state index is 12.1. The highest BCUT2D eigenvalue weighted by atomic mass is 35.5. The van der Waals surface area contributed by atoms with Crippen LogP contribution in [0.1, 0.15) is 30.8 Å². The van der Waals surface area contributed by atoms with E-state index in [4.69, 9.17) is 16.3 Å². The second kappa shape index (κ2) is 7.13. The SMILES string of the molecule is CCC(C)NC(=O)c1ccnn1COc1ccccc1Cl. The number of rotatable bonds is 6. The largest absolute Gasteiger partial charge is 0.470 e. The quantitative estimate of drug-likeness (QED) is 0.892. The molecular weight excluding hydrogens is 290 g/mol. The number of hydrogen-bond acceptors (Lipinski definition) is 3. The van der Waals surface area contributed by atoms with E-state index in [1.54, 1.807) is 24.4 Å². The van der Waals surface area contributed by atoms with E-state index >= 15 is 0 Å². The Morgan fingerprint density at radius 2 is 2.19 bits per heavy atom. The van der Waals surface area contributed by atoms with Gasteiger partial charge in [0.15, 0.2) is 6.73 Å². The minimum atomic E-state index is -0.162. The van der Waals surface area contributed by atoms with E-state index in [2.05, 4.69) is 10.4 Å². The molecule has 2 rings (SSSR count). The monoisotopic (exact) mass is 307 g/mol. The molecule has 1 heterocycles. The van der Waals surface area contributed by atoms with Gasteiger partial charge in [-0.1, -0.05) is 30.7 Å². The Labute approximate surface area is 128 Å². The van der Waals surface area contributed by atoms with Crippen LogP contribution in [0.25, 0.3) is 0 Å². The van der Waals surface area contributed by atoms with Crippen molar-refractivity contribution < 1.29 is 9.53 Å². The summed E-state index contributed by atoms with van der Waals surface area (Å²) in [6.07, 6.45) is 2.44. The number of nitrogens with zero attached hydrogens (tertiary/aromatic N) is 2. The fourth-order valence-electron chi connectivity index (χ4n) is 1.72. The summed E-state index contributed by atoms with van der Waals surface area (Å²) < 4.78 is 7.09. The summed E-state index contributed by atoms with van der Waals surface area (Å²) in [4.78, 5) is 12.1. The molecule has 21 heavy (non-hydrogen) atoms. The van der Waals surface area contributed by atoms with Gasteiger partial charge in [-0.2, -0.15) is 5.10 Å². The molecule has 0 spiro atoms. The van der Waals surface area contributed by atoms with E-state index in [1.807, 2.05) is 26.0 Å². The Bertz CT molecular complexity index is 612. The van der Waals surface area contributed by atoms with Gasteiger partial charge < -0.3 is 10.1 Å². The Balaban J connectivity index is 2.04. The molecule has 6 heteroatoms. The third-order valence-electron chi connectivity index (χ3n) is 3.12. The molecule has 1 N–H and O–H groups in total. The van der Waals surface area contributed by atoms with Crippen molar-refractivity contribution in [1.29, 1.82) is 0 Å². The van der Waals surface area contributed by atoms with Crippen LogP contribution in [0.2, 0.25) is 5.02 Å². The Kier molecular flexibility index (Phi) is 5.22. The van der Waals surface area contributed by atoms with Gasteiger partial charge in [0, 0.05) is 12.2 Å². The van der Waals surface area contributed by atoms with E-state index in [0.29, 0.717) is 16.5 Å². The fourth-order valence-corrected chi connectivity index (χ4v) is 1.91.